The second-order valence-electron chi connectivity index (χ2n) is 7.72. The molecule has 0 aromatic carbocycles. The third-order valence-corrected chi connectivity index (χ3v) is 4.33. The normalized spacial score (nSPS) is 12.8. The molecule has 2 heterocycles. The van der Waals surface area contributed by atoms with Gasteiger partial charge in [0.15, 0.2) is 5.65 Å². The van der Waals surface area contributed by atoms with E-state index in [0.29, 0.717) is 19.0 Å². The van der Waals surface area contributed by atoms with E-state index in [1.54, 1.807) is 18.1 Å². The van der Waals surface area contributed by atoms with Crippen molar-refractivity contribution in [2.24, 2.45) is 0 Å². The Morgan fingerprint density at radius 2 is 2.22 bits per heavy atom. The van der Waals surface area contributed by atoms with E-state index in [0.717, 1.165) is 29.6 Å². The number of hydrogen-bond donors (Lipinski definition) is 2. The summed E-state index contributed by atoms with van der Waals surface area (Å²) in [6.45, 7) is 13.3. The monoisotopic (exact) mass is 373 g/mol. The number of carbonyl (C=O) groups is 1. The molecule has 1 unspecified atom stereocenters. The van der Waals surface area contributed by atoms with Gasteiger partial charge in [0.05, 0.1) is 6.20 Å². The summed E-state index contributed by atoms with van der Waals surface area (Å²) in [5, 5.41) is 3.46. The second kappa shape index (κ2) is 8.99. The van der Waals surface area contributed by atoms with E-state index in [1.807, 2.05) is 6.20 Å². The van der Waals surface area contributed by atoms with Crippen LogP contribution in [-0.4, -0.2) is 51.0 Å². The Morgan fingerprint density at radius 1 is 1.48 bits per heavy atom. The van der Waals surface area contributed by atoms with Crippen LogP contribution >= 0.6 is 0 Å². The fourth-order valence-electron chi connectivity index (χ4n) is 2.60. The summed E-state index contributed by atoms with van der Waals surface area (Å²) >= 11 is 0. The van der Waals surface area contributed by atoms with E-state index in [2.05, 4.69) is 54.5 Å². The summed E-state index contributed by atoms with van der Waals surface area (Å²) in [4.78, 5) is 25.5. The van der Waals surface area contributed by atoms with E-state index in [1.165, 1.54) is 6.08 Å². The first-order chi connectivity index (χ1) is 12.7. The molecule has 2 aromatic rings. The van der Waals surface area contributed by atoms with E-state index in [4.69, 9.17) is 4.74 Å². The minimum absolute atomic E-state index is 0.0212. The quantitative estimate of drug-likeness (QED) is 0.660. The molecular weight excluding hydrogens is 342 g/mol. The van der Waals surface area contributed by atoms with Gasteiger partial charge in [-0.25, -0.2) is 9.97 Å². The van der Waals surface area contributed by atoms with Crippen LogP contribution in [0.3, 0.4) is 0 Å². The highest BCUT2D eigenvalue weighted by atomic mass is 16.5. The molecule has 0 saturated heterocycles. The smallest absolute Gasteiger partial charge is 0.245 e. The third kappa shape index (κ3) is 6.06. The van der Waals surface area contributed by atoms with Crippen molar-refractivity contribution in [2.45, 2.75) is 58.7 Å². The number of nitrogens with zero attached hydrogens (tertiary/aromatic N) is 3. The first-order valence-corrected chi connectivity index (χ1v) is 9.35. The molecule has 27 heavy (non-hydrogen) atoms. The van der Waals surface area contributed by atoms with E-state index in [-0.39, 0.29) is 17.6 Å². The Balaban J connectivity index is 2.06. The lowest BCUT2D eigenvalue weighted by Gasteiger charge is -2.21. The zero-order chi connectivity index (χ0) is 20.0. The number of fused-ring (bicyclic) bond motifs is 1. The van der Waals surface area contributed by atoms with Crippen LogP contribution in [0, 0.1) is 0 Å². The van der Waals surface area contributed by atoms with Crippen LogP contribution in [0.4, 0.5) is 0 Å². The summed E-state index contributed by atoms with van der Waals surface area (Å²) in [6.07, 6.45) is 6.40. The predicted molar refractivity (Wildman–Crippen MR) is 108 cm³/mol. The lowest BCUT2D eigenvalue weighted by Crippen LogP contribution is -2.35. The van der Waals surface area contributed by atoms with Crippen molar-refractivity contribution >= 4 is 17.1 Å². The van der Waals surface area contributed by atoms with Crippen LogP contribution in [0.2, 0.25) is 0 Å². The molecule has 0 aliphatic carbocycles. The Bertz CT molecular complexity index is 778. The predicted octanol–water partition coefficient (Wildman–Crippen LogP) is 3.04. The Labute approximate surface area is 161 Å². The Hall–Kier alpha value is -2.41. The molecule has 7 nitrogen and oxygen atoms in total. The first kappa shape index (κ1) is 20.9. The van der Waals surface area contributed by atoms with Crippen LogP contribution in [0.25, 0.3) is 11.2 Å². The van der Waals surface area contributed by atoms with Gasteiger partial charge in [0, 0.05) is 43.9 Å². The van der Waals surface area contributed by atoms with Crippen LogP contribution in [0.1, 0.15) is 46.1 Å². The summed E-state index contributed by atoms with van der Waals surface area (Å²) in [6, 6.07) is 0. The Morgan fingerprint density at radius 3 is 2.85 bits per heavy atom. The maximum Gasteiger partial charge on any atom is 0.245 e. The van der Waals surface area contributed by atoms with Crippen LogP contribution < -0.4 is 10.1 Å². The molecule has 0 spiro atoms. The molecule has 0 aliphatic heterocycles. The molecule has 2 aromatic heterocycles. The number of nitrogens with one attached hydrogen (secondary N) is 2. The zero-order valence-corrected chi connectivity index (χ0v) is 17.0. The molecule has 148 valence electrons. The summed E-state index contributed by atoms with van der Waals surface area (Å²) < 4.78 is 6.03. The molecule has 0 aliphatic rings. The van der Waals surface area contributed by atoms with Crippen molar-refractivity contribution in [3.63, 3.8) is 0 Å². The van der Waals surface area contributed by atoms with Gasteiger partial charge in [0.1, 0.15) is 11.6 Å². The Kier molecular flexibility index (Phi) is 6.96. The molecule has 2 rings (SSSR count). The topological polar surface area (TPSA) is 83.1 Å². The highest BCUT2D eigenvalue weighted by Crippen LogP contribution is 2.20. The van der Waals surface area contributed by atoms with Crippen LogP contribution in [-0.2, 0) is 11.3 Å². The van der Waals surface area contributed by atoms with Crippen molar-refractivity contribution in [2.75, 3.05) is 13.6 Å². The van der Waals surface area contributed by atoms with Crippen LogP contribution in [0.15, 0.2) is 25.0 Å². The van der Waals surface area contributed by atoms with Gasteiger partial charge in [0.25, 0.3) is 0 Å². The van der Waals surface area contributed by atoms with Crippen molar-refractivity contribution in [1.29, 1.82) is 0 Å². The SMILES string of the molecule is C=CC(=O)N(C)CCC(CC)Oc1cnc2[nH]cc(CNC(C)(C)C)c2n1. The van der Waals surface area contributed by atoms with Crippen molar-refractivity contribution in [3.8, 4) is 5.88 Å². The van der Waals surface area contributed by atoms with Gasteiger partial charge in [-0.3, -0.25) is 4.79 Å². The zero-order valence-electron chi connectivity index (χ0n) is 17.0. The van der Waals surface area contributed by atoms with E-state index >= 15 is 0 Å². The molecule has 1 amide bonds. The fourth-order valence-corrected chi connectivity index (χ4v) is 2.60. The van der Waals surface area contributed by atoms with E-state index in [9.17, 15) is 4.79 Å². The van der Waals surface area contributed by atoms with Gasteiger partial charge < -0.3 is 19.9 Å². The fraction of sp³-hybridized carbons (Fsp3) is 0.550. The second-order valence-corrected chi connectivity index (χ2v) is 7.72. The lowest BCUT2D eigenvalue weighted by atomic mass is 10.1. The number of likely N-dealkylation sites (N-methyl/N-ethyl adjacent to an activating group) is 1. The average molecular weight is 374 g/mol. The number of H-pyrrole nitrogens is 1. The third-order valence-electron chi connectivity index (χ3n) is 4.33. The highest BCUT2D eigenvalue weighted by molar-refractivity contribution is 5.86. The number of hydrogen-bond acceptors (Lipinski definition) is 5. The summed E-state index contributed by atoms with van der Waals surface area (Å²) in [5.41, 5.74) is 2.64. The average Bonchev–Trinajstić information content (AvgIpc) is 3.04. The molecular formula is C20H31N5O2. The molecule has 2 N–H and O–H groups in total. The maximum atomic E-state index is 11.6. The van der Waals surface area contributed by atoms with Gasteiger partial charge in [-0.15, -0.1) is 0 Å². The van der Waals surface area contributed by atoms with Crippen molar-refractivity contribution in [1.82, 2.24) is 25.2 Å². The molecule has 1 atom stereocenters. The molecule has 0 bridgehead atoms. The number of ether oxygens (including phenoxy) is 1. The standard InChI is InChI=1S/C20H31N5O2/c1-7-15(9-10-25(6)17(26)8-2)27-16-13-22-19-18(24-16)14(11-21-19)12-23-20(3,4)5/h8,11,13,15,23H,2,7,9-10,12H2,1,3-6H3,(H,21,22). The lowest BCUT2D eigenvalue weighted by molar-refractivity contribution is -0.125. The van der Waals surface area contributed by atoms with Crippen molar-refractivity contribution in [3.05, 3.63) is 30.6 Å². The van der Waals surface area contributed by atoms with E-state index < -0.39 is 0 Å². The molecule has 7 heteroatoms. The van der Waals surface area contributed by atoms with Crippen LogP contribution in [0.5, 0.6) is 5.88 Å². The van der Waals surface area contributed by atoms with Gasteiger partial charge in [0.2, 0.25) is 11.8 Å². The van der Waals surface area contributed by atoms with Gasteiger partial charge >= 0.3 is 0 Å². The summed E-state index contributed by atoms with van der Waals surface area (Å²) in [7, 11) is 1.76. The largest absolute Gasteiger partial charge is 0.473 e. The van der Waals surface area contributed by atoms with Crippen molar-refractivity contribution < 1.29 is 9.53 Å². The minimum atomic E-state index is -0.0885. The number of carbonyl (C=O) groups excluding carboxylic acids is 1. The first-order valence-electron chi connectivity index (χ1n) is 9.35. The number of aromatic amines is 1. The van der Waals surface area contributed by atoms with Gasteiger partial charge in [-0.2, -0.15) is 0 Å². The van der Waals surface area contributed by atoms with Gasteiger partial charge in [-0.1, -0.05) is 13.5 Å². The highest BCUT2D eigenvalue weighted by Gasteiger charge is 2.15. The minimum Gasteiger partial charge on any atom is -0.473 e. The maximum absolute atomic E-state index is 11.6. The number of rotatable bonds is 9. The molecule has 0 saturated carbocycles. The van der Waals surface area contributed by atoms with Gasteiger partial charge in [-0.05, 0) is 33.3 Å². The molecule has 0 radical (unpaired) electrons. The number of aromatic nitrogens is 3. The number of amides is 1. The molecule has 0 fully saturated rings. The summed E-state index contributed by atoms with van der Waals surface area (Å²) in [5.74, 6) is 0.415.